The Morgan fingerprint density at radius 3 is 2.56 bits per heavy atom. The third-order valence-corrected chi connectivity index (χ3v) is 3.91. The molecule has 0 aliphatic carbocycles. The van der Waals surface area contributed by atoms with E-state index < -0.39 is 9.84 Å². The van der Waals surface area contributed by atoms with E-state index in [0.29, 0.717) is 16.5 Å². The zero-order chi connectivity index (χ0) is 12.3. The second kappa shape index (κ2) is 5.17. The van der Waals surface area contributed by atoms with Crippen LogP contribution in [0, 0.1) is 0 Å². The van der Waals surface area contributed by atoms with Gasteiger partial charge in [0.25, 0.3) is 0 Å². The highest BCUT2D eigenvalue weighted by atomic mass is 35.5. The van der Waals surface area contributed by atoms with Gasteiger partial charge in [0.2, 0.25) is 0 Å². The molecule has 0 bridgehead atoms. The Labute approximate surface area is 102 Å². The number of hydrogen-bond acceptors (Lipinski definition) is 3. The smallest absolute Gasteiger partial charge is 0.175 e. The summed E-state index contributed by atoms with van der Waals surface area (Å²) in [5.41, 5.74) is 6.23. The summed E-state index contributed by atoms with van der Waals surface area (Å²) in [4.78, 5) is 0.345. The number of rotatable bonds is 4. The largest absolute Gasteiger partial charge is 0.330 e. The fourth-order valence-corrected chi connectivity index (χ4v) is 2.83. The third-order valence-electron chi connectivity index (χ3n) is 2.50. The quantitative estimate of drug-likeness (QED) is 0.904. The molecule has 1 aromatic rings. The molecule has 16 heavy (non-hydrogen) atoms. The van der Waals surface area contributed by atoms with E-state index >= 15 is 0 Å². The number of sulfone groups is 1. The topological polar surface area (TPSA) is 60.2 Å². The molecular weight excluding hydrogens is 246 g/mol. The number of nitrogens with two attached hydrogens (primary N) is 1. The van der Waals surface area contributed by atoms with Crippen molar-refractivity contribution in [1.29, 1.82) is 0 Å². The molecule has 3 nitrogen and oxygen atoms in total. The summed E-state index contributed by atoms with van der Waals surface area (Å²) in [6.07, 6.45) is 1.94. The summed E-state index contributed by atoms with van der Waals surface area (Å²) in [5, 5.41) is 0.547. The third kappa shape index (κ3) is 3.20. The molecule has 0 saturated heterocycles. The molecule has 0 fully saturated rings. The van der Waals surface area contributed by atoms with Gasteiger partial charge < -0.3 is 5.73 Å². The van der Waals surface area contributed by atoms with Gasteiger partial charge in [-0.05, 0) is 42.6 Å². The lowest BCUT2D eigenvalue weighted by molar-refractivity contribution is 0.596. The van der Waals surface area contributed by atoms with Crippen LogP contribution in [0.1, 0.15) is 24.8 Å². The van der Waals surface area contributed by atoms with Gasteiger partial charge >= 0.3 is 0 Å². The summed E-state index contributed by atoms with van der Waals surface area (Å²) in [6.45, 7) is 2.48. The minimum absolute atomic E-state index is 0.0911. The van der Waals surface area contributed by atoms with Gasteiger partial charge in [0.05, 0.1) is 4.90 Å². The molecule has 0 aromatic heterocycles. The van der Waals surface area contributed by atoms with E-state index in [0.717, 1.165) is 12.0 Å². The molecule has 0 aliphatic heterocycles. The first-order valence-corrected chi connectivity index (χ1v) is 7.32. The lowest BCUT2D eigenvalue weighted by atomic mass is 9.98. The van der Waals surface area contributed by atoms with Crippen molar-refractivity contribution in [2.75, 3.05) is 12.8 Å². The van der Waals surface area contributed by atoms with Crippen LogP contribution in [0.4, 0.5) is 0 Å². The Morgan fingerprint density at radius 1 is 1.44 bits per heavy atom. The predicted molar refractivity (Wildman–Crippen MR) is 66.6 cm³/mol. The van der Waals surface area contributed by atoms with E-state index in [4.69, 9.17) is 17.3 Å². The molecular formula is C11H16ClNO2S. The number of halogens is 1. The Balaban J connectivity index is 3.29. The van der Waals surface area contributed by atoms with Crippen molar-refractivity contribution in [3.05, 3.63) is 28.8 Å². The maximum Gasteiger partial charge on any atom is 0.175 e. The molecule has 0 spiro atoms. The Bertz CT molecular complexity index is 471. The lowest BCUT2D eigenvalue weighted by Gasteiger charge is -2.15. The van der Waals surface area contributed by atoms with Crippen LogP contribution in [0.15, 0.2) is 23.1 Å². The van der Waals surface area contributed by atoms with E-state index in [9.17, 15) is 8.42 Å². The van der Waals surface area contributed by atoms with Crippen LogP contribution in [0.25, 0.3) is 0 Å². The van der Waals surface area contributed by atoms with Gasteiger partial charge in [0.1, 0.15) is 0 Å². The van der Waals surface area contributed by atoms with Gasteiger partial charge in [0.15, 0.2) is 9.84 Å². The minimum atomic E-state index is -3.21. The van der Waals surface area contributed by atoms with Crippen molar-refractivity contribution < 1.29 is 8.42 Å². The molecule has 0 radical (unpaired) electrons. The Hall–Kier alpha value is -0.580. The van der Waals surface area contributed by atoms with E-state index in [1.165, 1.54) is 6.26 Å². The Morgan fingerprint density at radius 2 is 2.06 bits per heavy atom. The molecule has 1 atom stereocenters. The van der Waals surface area contributed by atoms with E-state index in [2.05, 4.69) is 0 Å². The fourth-order valence-electron chi connectivity index (χ4n) is 1.65. The average molecular weight is 262 g/mol. The summed E-state index contributed by atoms with van der Waals surface area (Å²) < 4.78 is 23.2. The van der Waals surface area contributed by atoms with Crippen LogP contribution in [0.2, 0.25) is 5.02 Å². The molecule has 1 aromatic carbocycles. The predicted octanol–water partition coefficient (Wildman–Crippen LogP) is 2.20. The molecule has 0 amide bonds. The van der Waals surface area contributed by atoms with Gasteiger partial charge in [-0.2, -0.15) is 0 Å². The molecule has 0 aliphatic rings. The highest BCUT2D eigenvalue weighted by Crippen LogP contribution is 2.28. The first-order chi connectivity index (χ1) is 7.36. The molecule has 5 heteroatoms. The molecule has 1 rings (SSSR count). The highest BCUT2D eigenvalue weighted by Gasteiger charge is 2.17. The monoisotopic (exact) mass is 261 g/mol. The SMILES string of the molecule is CC(CCN)c1cc(Cl)ccc1S(C)(=O)=O. The van der Waals surface area contributed by atoms with Crippen molar-refractivity contribution in [3.8, 4) is 0 Å². The average Bonchev–Trinajstić information content (AvgIpc) is 2.16. The van der Waals surface area contributed by atoms with Crippen LogP contribution < -0.4 is 5.73 Å². The number of hydrogen-bond donors (Lipinski definition) is 1. The van der Waals surface area contributed by atoms with E-state index in [-0.39, 0.29) is 5.92 Å². The summed E-state index contributed by atoms with van der Waals surface area (Å²) in [5.74, 6) is 0.0911. The molecule has 90 valence electrons. The van der Waals surface area contributed by atoms with Crippen molar-refractivity contribution in [1.82, 2.24) is 0 Å². The zero-order valence-corrected chi connectivity index (χ0v) is 11.0. The molecule has 0 saturated carbocycles. The molecule has 0 heterocycles. The normalized spacial score (nSPS) is 13.8. The van der Waals surface area contributed by atoms with Gasteiger partial charge in [-0.1, -0.05) is 18.5 Å². The maximum atomic E-state index is 11.6. The van der Waals surface area contributed by atoms with Crippen LogP contribution >= 0.6 is 11.6 Å². The summed E-state index contributed by atoms with van der Waals surface area (Å²) in [7, 11) is -3.21. The van der Waals surface area contributed by atoms with Crippen LogP contribution in [0.5, 0.6) is 0 Å². The van der Waals surface area contributed by atoms with Crippen molar-refractivity contribution in [2.45, 2.75) is 24.2 Å². The Kier molecular flexibility index (Phi) is 4.35. The standard InChI is InChI=1S/C11H16ClNO2S/c1-8(5-6-13)10-7-9(12)3-4-11(10)16(2,14)15/h3-4,7-8H,5-6,13H2,1-2H3. The van der Waals surface area contributed by atoms with Crippen LogP contribution in [0.3, 0.4) is 0 Å². The fraction of sp³-hybridized carbons (Fsp3) is 0.455. The van der Waals surface area contributed by atoms with Crippen molar-refractivity contribution in [2.24, 2.45) is 5.73 Å². The minimum Gasteiger partial charge on any atom is -0.330 e. The van der Waals surface area contributed by atoms with Crippen molar-refractivity contribution >= 4 is 21.4 Å². The first-order valence-electron chi connectivity index (χ1n) is 5.06. The van der Waals surface area contributed by atoms with Gasteiger partial charge in [-0.3, -0.25) is 0 Å². The highest BCUT2D eigenvalue weighted by molar-refractivity contribution is 7.90. The van der Waals surface area contributed by atoms with E-state index in [1.54, 1.807) is 18.2 Å². The zero-order valence-electron chi connectivity index (χ0n) is 9.40. The van der Waals surface area contributed by atoms with Crippen LogP contribution in [-0.4, -0.2) is 21.2 Å². The second-order valence-corrected chi connectivity index (χ2v) is 6.35. The summed E-state index contributed by atoms with van der Waals surface area (Å²) in [6, 6.07) is 4.86. The molecule has 1 unspecified atom stereocenters. The van der Waals surface area contributed by atoms with Gasteiger partial charge in [0, 0.05) is 11.3 Å². The number of benzene rings is 1. The second-order valence-electron chi connectivity index (χ2n) is 3.93. The lowest BCUT2D eigenvalue weighted by Crippen LogP contribution is -2.09. The van der Waals surface area contributed by atoms with Crippen molar-refractivity contribution in [3.63, 3.8) is 0 Å². The van der Waals surface area contributed by atoms with Crippen LogP contribution in [-0.2, 0) is 9.84 Å². The van der Waals surface area contributed by atoms with Gasteiger partial charge in [-0.25, -0.2) is 8.42 Å². The first kappa shape index (κ1) is 13.5. The molecule has 2 N–H and O–H groups in total. The van der Waals surface area contributed by atoms with Gasteiger partial charge in [-0.15, -0.1) is 0 Å². The summed E-state index contributed by atoms with van der Waals surface area (Å²) >= 11 is 5.89. The van der Waals surface area contributed by atoms with E-state index in [1.807, 2.05) is 6.92 Å². The maximum absolute atomic E-state index is 11.6.